The minimum absolute atomic E-state index is 0.387. The molecule has 0 bridgehead atoms. The lowest BCUT2D eigenvalue weighted by Crippen LogP contribution is -2.45. The number of hydrogen-bond donors (Lipinski definition) is 2. The fraction of sp³-hybridized carbons (Fsp3) is 0.947. The number of carbonyl (C=O) groups is 1. The fourth-order valence-corrected chi connectivity index (χ4v) is 5.06. The lowest BCUT2D eigenvalue weighted by Gasteiger charge is -2.44. The van der Waals surface area contributed by atoms with Gasteiger partial charge in [-0.15, -0.1) is 0 Å². The van der Waals surface area contributed by atoms with Crippen molar-refractivity contribution < 1.29 is 9.90 Å². The molecule has 0 aromatic rings. The van der Waals surface area contributed by atoms with Gasteiger partial charge in [-0.1, -0.05) is 42.1 Å². The Labute approximate surface area is 150 Å². The molecule has 0 amide bonds. The first-order chi connectivity index (χ1) is 11.1. The van der Waals surface area contributed by atoms with Crippen LogP contribution in [0.5, 0.6) is 0 Å². The standard InChI is InChI=1S/C19H34BrNO2/c1-2-3-4-5-14-21-17-8-6-15(7-9-17)19(18(22)23)12-10-16(20)11-13-19/h15-17,21H,2-14H2,1H3,(H,22,23). The number of unbranched alkanes of at least 4 members (excludes halogenated alkanes) is 3. The predicted octanol–water partition coefficient (Wildman–Crippen LogP) is 5.12. The van der Waals surface area contributed by atoms with Crippen molar-refractivity contribution in [2.45, 2.75) is 94.8 Å². The molecule has 0 aromatic heterocycles. The van der Waals surface area contributed by atoms with Crippen LogP contribution < -0.4 is 5.32 Å². The monoisotopic (exact) mass is 387 g/mol. The number of carboxylic acid groups (broad SMARTS) is 1. The number of halogens is 1. The molecule has 0 aliphatic heterocycles. The summed E-state index contributed by atoms with van der Waals surface area (Å²) < 4.78 is 0. The highest BCUT2D eigenvalue weighted by atomic mass is 79.9. The largest absolute Gasteiger partial charge is 0.481 e. The highest BCUT2D eigenvalue weighted by Crippen LogP contribution is 2.49. The summed E-state index contributed by atoms with van der Waals surface area (Å²) in [5, 5.41) is 13.6. The van der Waals surface area contributed by atoms with Crippen LogP contribution in [0.1, 0.15) is 84.0 Å². The van der Waals surface area contributed by atoms with Crippen molar-refractivity contribution in [2.75, 3.05) is 6.54 Å². The van der Waals surface area contributed by atoms with E-state index in [1.807, 2.05) is 0 Å². The molecule has 3 nitrogen and oxygen atoms in total. The van der Waals surface area contributed by atoms with Gasteiger partial charge >= 0.3 is 5.97 Å². The average molecular weight is 388 g/mol. The first kappa shape index (κ1) is 19.2. The zero-order chi connectivity index (χ0) is 16.7. The van der Waals surface area contributed by atoms with Gasteiger partial charge in [-0.05, 0) is 70.3 Å². The van der Waals surface area contributed by atoms with E-state index in [0.29, 0.717) is 16.8 Å². The van der Waals surface area contributed by atoms with E-state index >= 15 is 0 Å². The normalized spacial score (nSPS) is 35.1. The Kier molecular flexibility index (Phi) is 7.87. The first-order valence-corrected chi connectivity index (χ1v) is 10.6. The summed E-state index contributed by atoms with van der Waals surface area (Å²) in [5.74, 6) is -0.147. The summed E-state index contributed by atoms with van der Waals surface area (Å²) >= 11 is 3.67. The van der Waals surface area contributed by atoms with Crippen molar-refractivity contribution in [3.05, 3.63) is 0 Å². The second-order valence-electron chi connectivity index (χ2n) is 7.70. The smallest absolute Gasteiger partial charge is 0.309 e. The van der Waals surface area contributed by atoms with E-state index in [1.165, 1.54) is 25.7 Å². The van der Waals surface area contributed by atoms with Crippen LogP contribution in [0.15, 0.2) is 0 Å². The third-order valence-electron chi connectivity index (χ3n) is 6.21. The number of alkyl halides is 1. The zero-order valence-corrected chi connectivity index (χ0v) is 16.2. The van der Waals surface area contributed by atoms with E-state index in [1.54, 1.807) is 0 Å². The van der Waals surface area contributed by atoms with E-state index in [4.69, 9.17) is 0 Å². The third-order valence-corrected chi connectivity index (χ3v) is 7.12. The van der Waals surface area contributed by atoms with Crippen molar-refractivity contribution in [1.82, 2.24) is 5.32 Å². The molecule has 0 atom stereocenters. The molecule has 134 valence electrons. The molecule has 0 spiro atoms. The first-order valence-electron chi connectivity index (χ1n) is 9.69. The maximum absolute atomic E-state index is 12.0. The van der Waals surface area contributed by atoms with Crippen LogP contribution in [0.25, 0.3) is 0 Å². The average Bonchev–Trinajstić information content (AvgIpc) is 2.56. The second kappa shape index (κ2) is 9.41. The van der Waals surface area contributed by atoms with Crippen molar-refractivity contribution in [2.24, 2.45) is 11.3 Å². The molecule has 4 heteroatoms. The van der Waals surface area contributed by atoms with E-state index in [9.17, 15) is 9.90 Å². The van der Waals surface area contributed by atoms with Gasteiger partial charge in [0, 0.05) is 10.9 Å². The van der Waals surface area contributed by atoms with E-state index in [0.717, 1.165) is 57.9 Å². The van der Waals surface area contributed by atoms with Crippen molar-refractivity contribution in [3.8, 4) is 0 Å². The van der Waals surface area contributed by atoms with Crippen LogP contribution >= 0.6 is 15.9 Å². The van der Waals surface area contributed by atoms with Gasteiger partial charge in [-0.2, -0.15) is 0 Å². The van der Waals surface area contributed by atoms with Gasteiger partial charge in [-0.25, -0.2) is 0 Å². The Morgan fingerprint density at radius 2 is 1.74 bits per heavy atom. The van der Waals surface area contributed by atoms with Crippen LogP contribution in [0, 0.1) is 11.3 Å². The summed E-state index contributed by atoms with van der Waals surface area (Å²) in [5.41, 5.74) is -0.434. The lowest BCUT2D eigenvalue weighted by molar-refractivity contribution is -0.156. The Morgan fingerprint density at radius 3 is 2.30 bits per heavy atom. The van der Waals surface area contributed by atoms with Gasteiger partial charge in [0.25, 0.3) is 0 Å². The molecular weight excluding hydrogens is 354 g/mol. The van der Waals surface area contributed by atoms with Gasteiger partial charge in [0.05, 0.1) is 5.41 Å². The maximum atomic E-state index is 12.0. The Hall–Kier alpha value is -0.0900. The molecule has 2 aliphatic carbocycles. The highest BCUT2D eigenvalue weighted by molar-refractivity contribution is 9.09. The Balaban J connectivity index is 1.77. The molecule has 0 saturated heterocycles. The zero-order valence-electron chi connectivity index (χ0n) is 14.7. The number of nitrogens with one attached hydrogen (secondary N) is 1. The molecule has 0 unspecified atom stereocenters. The van der Waals surface area contributed by atoms with Gasteiger partial charge < -0.3 is 10.4 Å². The van der Waals surface area contributed by atoms with Crippen molar-refractivity contribution >= 4 is 21.9 Å². The molecule has 0 heterocycles. The van der Waals surface area contributed by atoms with E-state index in [2.05, 4.69) is 28.2 Å². The van der Waals surface area contributed by atoms with Crippen LogP contribution in [-0.2, 0) is 4.79 Å². The van der Waals surface area contributed by atoms with Gasteiger partial charge in [0.2, 0.25) is 0 Å². The Morgan fingerprint density at radius 1 is 1.09 bits per heavy atom. The maximum Gasteiger partial charge on any atom is 0.309 e. The fourth-order valence-electron chi connectivity index (χ4n) is 4.60. The van der Waals surface area contributed by atoms with Gasteiger partial charge in [0.15, 0.2) is 0 Å². The van der Waals surface area contributed by atoms with E-state index < -0.39 is 11.4 Å². The van der Waals surface area contributed by atoms with Crippen LogP contribution in [0.2, 0.25) is 0 Å². The number of rotatable bonds is 8. The molecule has 0 radical (unpaired) electrons. The predicted molar refractivity (Wildman–Crippen MR) is 99.1 cm³/mol. The molecule has 2 fully saturated rings. The number of carboxylic acids is 1. The topological polar surface area (TPSA) is 49.3 Å². The van der Waals surface area contributed by atoms with Crippen molar-refractivity contribution in [3.63, 3.8) is 0 Å². The van der Waals surface area contributed by atoms with Crippen LogP contribution in [0.3, 0.4) is 0 Å². The second-order valence-corrected chi connectivity index (χ2v) is 8.99. The summed E-state index contributed by atoms with van der Waals surface area (Å²) in [6, 6.07) is 0.617. The van der Waals surface area contributed by atoms with Gasteiger partial charge in [-0.3, -0.25) is 4.79 Å². The van der Waals surface area contributed by atoms with Crippen LogP contribution in [-0.4, -0.2) is 28.5 Å². The minimum Gasteiger partial charge on any atom is -0.481 e. The number of hydrogen-bond acceptors (Lipinski definition) is 2. The number of aliphatic carboxylic acids is 1. The summed E-state index contributed by atoms with van der Waals surface area (Å²) in [6.45, 7) is 3.38. The Bertz CT molecular complexity index is 358. The van der Waals surface area contributed by atoms with E-state index in [-0.39, 0.29) is 0 Å². The molecular formula is C19H34BrNO2. The molecule has 0 aromatic carbocycles. The molecule has 2 aliphatic rings. The van der Waals surface area contributed by atoms with Crippen LogP contribution in [0.4, 0.5) is 0 Å². The summed E-state index contributed by atoms with van der Waals surface area (Å²) in [4.78, 5) is 12.5. The quantitative estimate of drug-likeness (QED) is 0.448. The molecule has 2 N–H and O–H groups in total. The van der Waals surface area contributed by atoms with Crippen molar-refractivity contribution in [1.29, 1.82) is 0 Å². The van der Waals surface area contributed by atoms with Gasteiger partial charge in [0.1, 0.15) is 0 Å². The third kappa shape index (κ3) is 5.19. The molecule has 23 heavy (non-hydrogen) atoms. The SMILES string of the molecule is CCCCCCNC1CCC(C2(C(=O)O)CCC(Br)CC2)CC1. The summed E-state index contributed by atoms with van der Waals surface area (Å²) in [7, 11) is 0. The highest BCUT2D eigenvalue weighted by Gasteiger charge is 2.48. The molecule has 2 rings (SSSR count). The molecule has 2 saturated carbocycles. The summed E-state index contributed by atoms with van der Waals surface area (Å²) in [6.07, 6.45) is 13.5. The lowest BCUT2D eigenvalue weighted by atomic mass is 9.61. The minimum atomic E-state index is -0.534.